The zero-order valence-electron chi connectivity index (χ0n) is 17.6. The number of unbranched alkanes of at least 4 members (excludes halogenated alkanes) is 1. The number of allylic oxidation sites excluding steroid dienone is 1. The molecule has 3 atom stereocenters. The molecule has 0 aliphatic carbocycles. The van der Waals surface area contributed by atoms with E-state index in [0.29, 0.717) is 24.6 Å². The molecule has 0 saturated carbocycles. The molecule has 0 unspecified atom stereocenters. The third kappa shape index (κ3) is 8.94. The van der Waals surface area contributed by atoms with Crippen molar-refractivity contribution in [3.8, 4) is 0 Å². The molecule has 28 heavy (non-hydrogen) atoms. The Morgan fingerprint density at radius 1 is 1.32 bits per heavy atom. The predicted molar refractivity (Wildman–Crippen MR) is 116 cm³/mol. The van der Waals surface area contributed by atoms with E-state index in [-0.39, 0.29) is 37.9 Å². The number of nitrogens with zero attached hydrogens (tertiary/aromatic N) is 1. The number of nitrogens with two attached hydrogens (primary N) is 1. The minimum absolute atomic E-state index is 0.117. The number of carbonyl (C=O) groups excluding carboxylic acids is 1. The van der Waals surface area contributed by atoms with Crippen LogP contribution in [0.15, 0.2) is 12.2 Å². The van der Waals surface area contributed by atoms with Crippen molar-refractivity contribution < 1.29 is 19.8 Å². The average Bonchev–Trinajstić information content (AvgIpc) is 2.68. The number of aliphatic hydroxyl groups is 1. The molecule has 0 aromatic rings. The Morgan fingerprint density at radius 2 is 2.00 bits per heavy atom. The van der Waals surface area contributed by atoms with Gasteiger partial charge in [-0.15, -0.1) is 0 Å². The van der Waals surface area contributed by atoms with Gasteiger partial charge in [0.25, 0.3) is 0 Å². The second kappa shape index (κ2) is 14.8. The fraction of sp³-hybridized carbons (Fsp3) is 0.800. The van der Waals surface area contributed by atoms with Gasteiger partial charge >= 0.3 is 5.97 Å². The quantitative estimate of drug-likeness (QED) is 0.149. The van der Waals surface area contributed by atoms with Crippen LogP contribution in [-0.2, 0) is 9.59 Å². The van der Waals surface area contributed by atoms with Crippen LogP contribution in [0, 0.1) is 5.92 Å². The van der Waals surface area contributed by atoms with Crippen molar-refractivity contribution in [1.29, 1.82) is 0 Å². The van der Waals surface area contributed by atoms with Crippen LogP contribution >= 0.6 is 12.6 Å². The van der Waals surface area contributed by atoms with E-state index in [1.54, 1.807) is 6.08 Å². The highest BCUT2D eigenvalue weighted by atomic mass is 32.1. The number of hydrogen-bond acceptors (Lipinski definition) is 6. The van der Waals surface area contributed by atoms with Crippen LogP contribution in [-0.4, -0.2) is 64.1 Å². The number of amides is 1. The van der Waals surface area contributed by atoms with Crippen LogP contribution in [0.3, 0.4) is 0 Å². The Labute approximate surface area is 175 Å². The maximum atomic E-state index is 12.9. The number of aliphatic hydroxyl groups excluding tert-OH is 1. The molecule has 0 aliphatic heterocycles. The van der Waals surface area contributed by atoms with Crippen molar-refractivity contribution >= 4 is 24.5 Å². The number of carbonyl (C=O) groups is 2. The molecule has 0 bridgehead atoms. The molecule has 0 aromatic heterocycles. The zero-order valence-corrected chi connectivity index (χ0v) is 18.5. The van der Waals surface area contributed by atoms with E-state index in [1.807, 2.05) is 13.0 Å². The summed E-state index contributed by atoms with van der Waals surface area (Å²) in [5.74, 6) is -0.555. The lowest BCUT2D eigenvalue weighted by Crippen LogP contribution is -2.67. The Bertz CT molecular complexity index is 490. The molecule has 0 radical (unpaired) electrons. The highest BCUT2D eigenvalue weighted by molar-refractivity contribution is 7.80. The van der Waals surface area contributed by atoms with Crippen LogP contribution in [0.1, 0.15) is 59.3 Å². The van der Waals surface area contributed by atoms with E-state index in [1.165, 1.54) is 4.90 Å². The molecule has 0 rings (SSSR count). The molecule has 0 spiro atoms. The topological polar surface area (TPSA) is 116 Å². The number of carboxylic acids is 1. The summed E-state index contributed by atoms with van der Waals surface area (Å²) in [6.07, 6.45) is 7.22. The minimum atomic E-state index is -1.69. The molecule has 8 heteroatoms. The normalized spacial score (nSPS) is 15.9. The van der Waals surface area contributed by atoms with Gasteiger partial charge in [0.2, 0.25) is 5.91 Å². The Hall–Kier alpha value is -1.09. The third-order valence-electron chi connectivity index (χ3n) is 4.91. The largest absolute Gasteiger partial charge is 0.478 e. The number of aliphatic carboxylic acids is 1. The summed E-state index contributed by atoms with van der Waals surface area (Å²) in [5, 5.41) is 22.5. The summed E-state index contributed by atoms with van der Waals surface area (Å²) in [7, 11) is 0. The summed E-state index contributed by atoms with van der Waals surface area (Å²) in [5.41, 5.74) is 4.20. The lowest BCUT2D eigenvalue weighted by Gasteiger charge is -2.41. The number of hydrogen-bond donors (Lipinski definition) is 5. The van der Waals surface area contributed by atoms with Crippen LogP contribution in [0.2, 0.25) is 0 Å². The number of carboxylic acid groups (broad SMARTS) is 1. The van der Waals surface area contributed by atoms with Crippen molar-refractivity contribution in [2.24, 2.45) is 11.7 Å². The first-order valence-corrected chi connectivity index (χ1v) is 10.8. The van der Waals surface area contributed by atoms with E-state index in [4.69, 9.17) is 5.73 Å². The van der Waals surface area contributed by atoms with E-state index >= 15 is 0 Å². The minimum Gasteiger partial charge on any atom is -0.478 e. The molecule has 1 amide bonds. The van der Waals surface area contributed by atoms with Crippen molar-refractivity contribution in [1.82, 2.24) is 10.2 Å². The first-order valence-electron chi connectivity index (χ1n) is 10.2. The number of nitrogens with one attached hydrogen (secondary N) is 1. The Kier molecular flexibility index (Phi) is 14.3. The molecule has 0 aromatic carbocycles. The molecule has 5 N–H and O–H groups in total. The van der Waals surface area contributed by atoms with Gasteiger partial charge < -0.3 is 20.8 Å². The van der Waals surface area contributed by atoms with E-state index < -0.39 is 11.6 Å². The van der Waals surface area contributed by atoms with Crippen molar-refractivity contribution in [3.05, 3.63) is 12.2 Å². The Balaban J connectivity index is 5.55. The molecule has 164 valence electrons. The summed E-state index contributed by atoms with van der Waals surface area (Å²) < 4.78 is 0. The van der Waals surface area contributed by atoms with Gasteiger partial charge in [0.1, 0.15) is 0 Å². The summed E-state index contributed by atoms with van der Waals surface area (Å²) >= 11 is 4.13. The van der Waals surface area contributed by atoms with Gasteiger partial charge in [-0.3, -0.25) is 10.1 Å². The van der Waals surface area contributed by atoms with E-state index in [0.717, 1.165) is 19.3 Å². The standard InChI is InChI=1S/C20H39N3O4S/c1-4-6-12-23(18(25)10-8-7-9-16(3)5-2)20(11-13-24,19(26)27)22-14-17(21)15-28/h7-8,16-17,22,24,28H,4-6,9-15,21H2,1-3H3,(H,26,27)/b8-7+/t16-,17+,20-/m0/s1. The van der Waals surface area contributed by atoms with Gasteiger partial charge in [-0.05, 0) is 18.8 Å². The van der Waals surface area contributed by atoms with Gasteiger partial charge in [0, 0.05) is 44.3 Å². The summed E-state index contributed by atoms with van der Waals surface area (Å²) in [6, 6.07) is -0.362. The SMILES string of the molecule is CCCCN(C(=O)C/C=C/C[C@@H](C)CC)[C@](CCO)(NC[C@@H](N)CS)C(=O)O. The molecule has 0 heterocycles. The highest BCUT2D eigenvalue weighted by Gasteiger charge is 2.45. The molecular weight excluding hydrogens is 378 g/mol. The van der Waals surface area contributed by atoms with E-state index in [2.05, 4.69) is 31.8 Å². The first-order chi connectivity index (χ1) is 13.3. The second-order valence-corrected chi connectivity index (χ2v) is 7.65. The third-order valence-corrected chi connectivity index (χ3v) is 5.38. The van der Waals surface area contributed by atoms with Crippen molar-refractivity contribution in [2.45, 2.75) is 71.0 Å². The summed E-state index contributed by atoms with van der Waals surface area (Å²) in [6.45, 7) is 6.35. The second-order valence-electron chi connectivity index (χ2n) is 7.29. The predicted octanol–water partition coefficient (Wildman–Crippen LogP) is 2.01. The number of rotatable bonds is 16. The molecule has 7 nitrogen and oxygen atoms in total. The highest BCUT2D eigenvalue weighted by Crippen LogP contribution is 2.21. The maximum absolute atomic E-state index is 12.9. The lowest BCUT2D eigenvalue weighted by atomic mass is 10.0. The fourth-order valence-electron chi connectivity index (χ4n) is 2.78. The summed E-state index contributed by atoms with van der Waals surface area (Å²) in [4.78, 5) is 26.5. The molecule has 0 fully saturated rings. The molecule has 0 saturated heterocycles. The molecule has 0 aliphatic rings. The van der Waals surface area contributed by atoms with Crippen molar-refractivity contribution in [2.75, 3.05) is 25.4 Å². The van der Waals surface area contributed by atoms with Crippen LogP contribution in [0.5, 0.6) is 0 Å². The van der Waals surface area contributed by atoms with Gasteiger partial charge in [-0.1, -0.05) is 45.8 Å². The van der Waals surface area contributed by atoms with Gasteiger partial charge in [-0.25, -0.2) is 4.79 Å². The maximum Gasteiger partial charge on any atom is 0.345 e. The average molecular weight is 418 g/mol. The number of thiol groups is 1. The Morgan fingerprint density at radius 3 is 2.50 bits per heavy atom. The van der Waals surface area contributed by atoms with Crippen molar-refractivity contribution in [3.63, 3.8) is 0 Å². The van der Waals surface area contributed by atoms with Gasteiger partial charge in [-0.2, -0.15) is 12.6 Å². The fourth-order valence-corrected chi connectivity index (χ4v) is 2.91. The lowest BCUT2D eigenvalue weighted by molar-refractivity contribution is -0.163. The van der Waals surface area contributed by atoms with Crippen LogP contribution in [0.25, 0.3) is 0 Å². The van der Waals surface area contributed by atoms with E-state index in [9.17, 15) is 19.8 Å². The van der Waals surface area contributed by atoms with Gasteiger partial charge in [0.05, 0.1) is 0 Å². The van der Waals surface area contributed by atoms with Crippen LogP contribution < -0.4 is 11.1 Å². The van der Waals surface area contributed by atoms with Gasteiger partial charge in [0.15, 0.2) is 5.66 Å². The smallest absolute Gasteiger partial charge is 0.345 e. The first kappa shape index (κ1) is 26.9. The van der Waals surface area contributed by atoms with Crippen LogP contribution in [0.4, 0.5) is 0 Å². The monoisotopic (exact) mass is 417 g/mol. The zero-order chi connectivity index (χ0) is 21.6. The molecular formula is C20H39N3O4S.